The molecule has 26 heavy (non-hydrogen) atoms. The summed E-state index contributed by atoms with van der Waals surface area (Å²) in [6, 6.07) is -0.0577. The number of carbonyl (C=O) groups excluding carboxylic acids is 1. The lowest BCUT2D eigenvalue weighted by Gasteiger charge is -2.37. The largest absolute Gasteiger partial charge is 0.379 e. The summed E-state index contributed by atoms with van der Waals surface area (Å²) < 4.78 is 20.1. The zero-order chi connectivity index (χ0) is 18.1. The van der Waals surface area contributed by atoms with E-state index in [0.717, 1.165) is 39.2 Å². The van der Waals surface area contributed by atoms with Gasteiger partial charge in [0.05, 0.1) is 18.7 Å². The van der Waals surface area contributed by atoms with Gasteiger partial charge in [-0.25, -0.2) is 4.39 Å². The topological polar surface area (TPSA) is 74.4 Å². The van der Waals surface area contributed by atoms with Crippen LogP contribution in [0.5, 0.6) is 0 Å². The van der Waals surface area contributed by atoms with E-state index in [1.54, 1.807) is 0 Å². The zero-order valence-corrected chi connectivity index (χ0v) is 15.7. The number of carbonyl (C=O) groups is 1. The molecule has 0 aromatic rings. The Kier molecular flexibility index (Phi) is 5.78. The van der Waals surface area contributed by atoms with E-state index >= 15 is 0 Å². The van der Waals surface area contributed by atoms with E-state index in [-0.39, 0.29) is 30.0 Å². The minimum absolute atomic E-state index is 0.00996. The smallest absolute Gasteiger partial charge is 0.237 e. The van der Waals surface area contributed by atoms with Gasteiger partial charge >= 0.3 is 0 Å². The molecule has 4 N–H and O–H groups in total. The molecule has 1 saturated carbocycles. The molecule has 1 amide bonds. The van der Waals surface area contributed by atoms with Crippen molar-refractivity contribution in [2.75, 3.05) is 33.0 Å². The van der Waals surface area contributed by atoms with Crippen molar-refractivity contribution in [3.05, 3.63) is 0 Å². The molecule has 7 atom stereocenters. The van der Waals surface area contributed by atoms with Crippen LogP contribution in [0.1, 0.15) is 32.6 Å². The number of rotatable bonds is 3. The van der Waals surface area contributed by atoms with Crippen LogP contribution >= 0.6 is 0 Å². The highest BCUT2D eigenvalue weighted by Crippen LogP contribution is 2.38. The van der Waals surface area contributed by atoms with Gasteiger partial charge in [-0.3, -0.25) is 4.79 Å². The normalized spacial score (nSPS) is 44.5. The first-order chi connectivity index (χ1) is 12.6. The van der Waals surface area contributed by atoms with Gasteiger partial charge in [0.15, 0.2) is 0 Å². The Morgan fingerprint density at radius 3 is 2.69 bits per heavy atom. The molecule has 4 aliphatic rings. The number of fused-ring (bicyclic) bond motifs is 1. The average Bonchev–Trinajstić information content (AvgIpc) is 3.13. The minimum atomic E-state index is -0.768. The molecule has 4 fully saturated rings. The predicted octanol–water partition coefficient (Wildman–Crippen LogP) is 0.389. The Morgan fingerprint density at radius 1 is 1.12 bits per heavy atom. The van der Waals surface area contributed by atoms with Crippen LogP contribution in [0.2, 0.25) is 0 Å². The van der Waals surface area contributed by atoms with Gasteiger partial charge in [0.25, 0.3) is 0 Å². The Balaban J connectivity index is 1.30. The summed E-state index contributed by atoms with van der Waals surface area (Å²) >= 11 is 0. The second-order valence-electron chi connectivity index (χ2n) is 8.80. The van der Waals surface area contributed by atoms with Crippen molar-refractivity contribution in [1.82, 2.24) is 21.3 Å². The lowest BCUT2D eigenvalue weighted by atomic mass is 9.77. The maximum Gasteiger partial charge on any atom is 0.237 e. The monoisotopic (exact) mass is 368 g/mol. The molecule has 4 rings (SSSR count). The summed E-state index contributed by atoms with van der Waals surface area (Å²) in [5, 5.41) is 13.3. The van der Waals surface area contributed by atoms with Crippen LogP contribution in [0.4, 0.5) is 4.39 Å². The first kappa shape index (κ1) is 18.6. The highest BCUT2D eigenvalue weighted by atomic mass is 19.1. The molecule has 3 heterocycles. The first-order valence-electron chi connectivity index (χ1n) is 10.3. The molecule has 3 saturated heterocycles. The van der Waals surface area contributed by atoms with Crippen molar-refractivity contribution in [2.45, 2.75) is 56.9 Å². The van der Waals surface area contributed by atoms with Crippen LogP contribution in [0, 0.1) is 23.7 Å². The molecule has 3 aliphatic heterocycles. The summed E-state index contributed by atoms with van der Waals surface area (Å²) in [6.07, 6.45) is 2.36. The maximum absolute atomic E-state index is 14.3. The number of halogens is 1. The number of amides is 1. The molecule has 0 radical (unpaired) electrons. The third-order valence-corrected chi connectivity index (χ3v) is 6.97. The first-order valence-corrected chi connectivity index (χ1v) is 10.3. The third kappa shape index (κ3) is 3.91. The van der Waals surface area contributed by atoms with Crippen LogP contribution < -0.4 is 21.3 Å². The van der Waals surface area contributed by atoms with E-state index in [2.05, 4.69) is 28.2 Å². The fraction of sp³-hybridized carbons (Fsp3) is 0.947. The average molecular weight is 368 g/mol. The van der Waals surface area contributed by atoms with Crippen LogP contribution in [-0.2, 0) is 9.53 Å². The fourth-order valence-electron chi connectivity index (χ4n) is 5.40. The Bertz CT molecular complexity index is 484. The van der Waals surface area contributed by atoms with Gasteiger partial charge in [-0.15, -0.1) is 0 Å². The lowest BCUT2D eigenvalue weighted by molar-refractivity contribution is -0.125. The third-order valence-electron chi connectivity index (χ3n) is 6.97. The van der Waals surface area contributed by atoms with Gasteiger partial charge in [-0.2, -0.15) is 0 Å². The van der Waals surface area contributed by atoms with Crippen molar-refractivity contribution in [2.24, 2.45) is 23.7 Å². The number of hydrogen-bond acceptors (Lipinski definition) is 5. The number of ether oxygens (including phenoxy) is 1. The maximum atomic E-state index is 14.3. The quantitative estimate of drug-likeness (QED) is 0.580. The Morgan fingerprint density at radius 2 is 1.92 bits per heavy atom. The van der Waals surface area contributed by atoms with Crippen LogP contribution in [-0.4, -0.2) is 63.2 Å². The summed E-state index contributed by atoms with van der Waals surface area (Å²) in [6.45, 7) is 6.40. The van der Waals surface area contributed by atoms with Gasteiger partial charge in [-0.1, -0.05) is 6.92 Å². The van der Waals surface area contributed by atoms with Crippen molar-refractivity contribution in [3.63, 3.8) is 0 Å². The molecule has 0 bridgehead atoms. The molecule has 0 spiro atoms. The van der Waals surface area contributed by atoms with Gasteiger partial charge < -0.3 is 26.0 Å². The molecule has 0 aromatic carbocycles. The zero-order valence-electron chi connectivity index (χ0n) is 15.7. The predicted molar refractivity (Wildman–Crippen MR) is 97.3 cm³/mol. The van der Waals surface area contributed by atoms with E-state index in [4.69, 9.17) is 4.74 Å². The minimum Gasteiger partial charge on any atom is -0.379 e. The van der Waals surface area contributed by atoms with E-state index in [9.17, 15) is 9.18 Å². The van der Waals surface area contributed by atoms with E-state index in [1.165, 1.54) is 0 Å². The molecule has 7 heteroatoms. The second-order valence-corrected chi connectivity index (χ2v) is 8.80. The van der Waals surface area contributed by atoms with E-state index in [1.807, 2.05) is 0 Å². The highest BCUT2D eigenvalue weighted by molar-refractivity contribution is 5.82. The van der Waals surface area contributed by atoms with Crippen molar-refractivity contribution < 1.29 is 13.9 Å². The van der Waals surface area contributed by atoms with Gasteiger partial charge in [0.1, 0.15) is 6.17 Å². The van der Waals surface area contributed by atoms with Gasteiger partial charge in [0, 0.05) is 38.3 Å². The molecular weight excluding hydrogens is 335 g/mol. The molecular formula is C19H33FN4O2. The van der Waals surface area contributed by atoms with Crippen molar-refractivity contribution in [3.8, 4) is 0 Å². The summed E-state index contributed by atoms with van der Waals surface area (Å²) in [5.41, 5.74) is 0. The standard InChI is InChI=1S/C19H33FN4O2/c1-11-2-3-16(20)15-5-17(24-18(11)15)19(25)23-14-4-12(8-26-9-14)13-6-21-10-22-7-13/h11-18,21-22,24H,2-10H2,1H3,(H,23,25). The lowest BCUT2D eigenvalue weighted by Crippen LogP contribution is -2.53. The van der Waals surface area contributed by atoms with Crippen LogP contribution in [0.3, 0.4) is 0 Å². The van der Waals surface area contributed by atoms with Crippen molar-refractivity contribution >= 4 is 5.91 Å². The van der Waals surface area contributed by atoms with E-state index < -0.39 is 6.17 Å². The molecule has 148 valence electrons. The molecule has 7 unspecified atom stereocenters. The fourth-order valence-corrected chi connectivity index (χ4v) is 5.40. The summed E-state index contributed by atoms with van der Waals surface area (Å²) in [4.78, 5) is 12.8. The van der Waals surface area contributed by atoms with Gasteiger partial charge in [-0.05, 0) is 43.4 Å². The van der Waals surface area contributed by atoms with E-state index in [0.29, 0.717) is 37.2 Å². The van der Waals surface area contributed by atoms with Gasteiger partial charge in [0.2, 0.25) is 5.91 Å². The number of hydrogen-bond donors (Lipinski definition) is 4. The Labute approximate surface area is 155 Å². The highest BCUT2D eigenvalue weighted by Gasteiger charge is 2.46. The molecule has 6 nitrogen and oxygen atoms in total. The van der Waals surface area contributed by atoms with Crippen molar-refractivity contribution in [1.29, 1.82) is 0 Å². The summed E-state index contributed by atoms with van der Waals surface area (Å²) in [5.74, 6) is 1.46. The van der Waals surface area contributed by atoms with Crippen LogP contribution in [0.25, 0.3) is 0 Å². The molecule has 0 aromatic heterocycles. The SMILES string of the molecule is CC1CCC(F)C2CC(C(=O)NC3COCC(C4CNCNC4)C3)NC12. The summed E-state index contributed by atoms with van der Waals surface area (Å²) in [7, 11) is 0. The number of alkyl halides is 1. The number of nitrogens with one attached hydrogen (secondary N) is 4. The second kappa shape index (κ2) is 8.09. The van der Waals surface area contributed by atoms with Crippen LogP contribution in [0.15, 0.2) is 0 Å². The molecule has 1 aliphatic carbocycles. The Hall–Kier alpha value is -0.760.